The number of anilines is 2. The number of hydrogen-bond acceptors (Lipinski definition) is 5. The molecular formula is C13H14N4OS. The number of amides is 1. The third kappa shape index (κ3) is 3.45. The summed E-state index contributed by atoms with van der Waals surface area (Å²) in [5.74, 6) is 0.609. The molecule has 0 aliphatic carbocycles. The van der Waals surface area contributed by atoms with Crippen molar-refractivity contribution in [1.29, 1.82) is 0 Å². The molecule has 6 heteroatoms. The molecule has 1 aromatic heterocycles. The molecule has 0 aliphatic rings. The van der Waals surface area contributed by atoms with Crippen LogP contribution in [0.4, 0.5) is 11.5 Å². The fourth-order valence-electron chi connectivity index (χ4n) is 1.47. The maximum atomic E-state index is 12.0. The van der Waals surface area contributed by atoms with Crippen molar-refractivity contribution < 1.29 is 4.79 Å². The van der Waals surface area contributed by atoms with Gasteiger partial charge in [-0.25, -0.2) is 9.97 Å². The van der Waals surface area contributed by atoms with Crippen LogP contribution in [0, 0.1) is 0 Å². The Morgan fingerprint density at radius 1 is 1.26 bits per heavy atom. The van der Waals surface area contributed by atoms with E-state index in [4.69, 9.17) is 5.73 Å². The van der Waals surface area contributed by atoms with Gasteiger partial charge in [0, 0.05) is 25.1 Å². The summed E-state index contributed by atoms with van der Waals surface area (Å²) in [6, 6.07) is 9.48. The molecule has 98 valence electrons. The highest BCUT2D eigenvalue weighted by Crippen LogP contribution is 2.21. The summed E-state index contributed by atoms with van der Waals surface area (Å²) in [4.78, 5) is 21.7. The Morgan fingerprint density at radius 2 is 1.95 bits per heavy atom. The van der Waals surface area contributed by atoms with E-state index in [1.807, 2.05) is 30.3 Å². The minimum atomic E-state index is -0.0127. The first-order chi connectivity index (χ1) is 9.18. The van der Waals surface area contributed by atoms with E-state index >= 15 is 0 Å². The molecule has 1 heterocycles. The van der Waals surface area contributed by atoms with Crippen molar-refractivity contribution in [3.05, 3.63) is 42.7 Å². The maximum absolute atomic E-state index is 12.0. The third-order valence-electron chi connectivity index (χ3n) is 2.54. The lowest BCUT2D eigenvalue weighted by Gasteiger charge is -2.16. The van der Waals surface area contributed by atoms with Crippen molar-refractivity contribution in [2.24, 2.45) is 0 Å². The van der Waals surface area contributed by atoms with Crippen molar-refractivity contribution in [2.75, 3.05) is 23.4 Å². The summed E-state index contributed by atoms with van der Waals surface area (Å²) in [7, 11) is 1.75. The van der Waals surface area contributed by atoms with Crippen molar-refractivity contribution in [3.63, 3.8) is 0 Å². The van der Waals surface area contributed by atoms with Gasteiger partial charge in [-0.15, -0.1) is 0 Å². The lowest BCUT2D eigenvalue weighted by atomic mass is 10.3. The van der Waals surface area contributed by atoms with Crippen molar-refractivity contribution in [1.82, 2.24) is 9.97 Å². The molecule has 2 aromatic rings. The second-order valence-corrected chi connectivity index (χ2v) is 4.79. The number of carbonyl (C=O) groups excluding carboxylic acids is 1. The number of nitrogen functional groups attached to an aromatic ring is 1. The fraction of sp³-hybridized carbons (Fsp3) is 0.154. The Kier molecular flexibility index (Phi) is 4.35. The van der Waals surface area contributed by atoms with Gasteiger partial charge >= 0.3 is 0 Å². The van der Waals surface area contributed by atoms with E-state index in [0.29, 0.717) is 10.8 Å². The highest BCUT2D eigenvalue weighted by Gasteiger charge is 2.12. The first-order valence-corrected chi connectivity index (χ1v) is 6.68. The Hall–Kier alpha value is -2.08. The average Bonchev–Trinajstić information content (AvgIpc) is 2.46. The summed E-state index contributed by atoms with van der Waals surface area (Å²) in [5, 5.41) is 0.581. The molecule has 2 rings (SSSR count). The molecule has 0 atom stereocenters. The van der Waals surface area contributed by atoms with Gasteiger partial charge in [-0.05, 0) is 12.1 Å². The zero-order valence-electron chi connectivity index (χ0n) is 10.5. The van der Waals surface area contributed by atoms with Crippen LogP contribution in [0.2, 0.25) is 0 Å². The SMILES string of the molecule is CN(C(=O)CSc1nccnc1N)c1ccccc1. The van der Waals surface area contributed by atoms with Gasteiger partial charge < -0.3 is 10.6 Å². The third-order valence-corrected chi connectivity index (χ3v) is 3.52. The van der Waals surface area contributed by atoms with Crippen LogP contribution in [0.25, 0.3) is 0 Å². The Morgan fingerprint density at radius 3 is 2.63 bits per heavy atom. The van der Waals surface area contributed by atoms with Crippen LogP contribution >= 0.6 is 11.8 Å². The van der Waals surface area contributed by atoms with Crippen molar-refractivity contribution >= 4 is 29.2 Å². The van der Waals surface area contributed by atoms with Crippen LogP contribution < -0.4 is 10.6 Å². The number of aromatic nitrogens is 2. The van der Waals surface area contributed by atoms with E-state index < -0.39 is 0 Å². The number of benzene rings is 1. The molecule has 1 amide bonds. The van der Waals surface area contributed by atoms with Gasteiger partial charge in [0.25, 0.3) is 0 Å². The van der Waals surface area contributed by atoms with Crippen LogP contribution in [0.5, 0.6) is 0 Å². The number of para-hydroxylation sites is 1. The van der Waals surface area contributed by atoms with E-state index in [1.54, 1.807) is 18.1 Å². The Balaban J connectivity index is 1.97. The number of rotatable bonds is 4. The summed E-state index contributed by atoms with van der Waals surface area (Å²) in [6.07, 6.45) is 3.08. The number of nitrogens with zero attached hydrogens (tertiary/aromatic N) is 3. The summed E-state index contributed by atoms with van der Waals surface area (Å²) >= 11 is 1.29. The number of nitrogens with two attached hydrogens (primary N) is 1. The van der Waals surface area contributed by atoms with E-state index in [2.05, 4.69) is 9.97 Å². The van der Waals surface area contributed by atoms with Gasteiger partial charge in [0.1, 0.15) is 5.03 Å². The van der Waals surface area contributed by atoms with Crippen LogP contribution in [-0.2, 0) is 4.79 Å². The molecule has 0 saturated heterocycles. The number of thioether (sulfide) groups is 1. The highest BCUT2D eigenvalue weighted by atomic mass is 32.2. The zero-order chi connectivity index (χ0) is 13.7. The normalized spacial score (nSPS) is 10.2. The lowest BCUT2D eigenvalue weighted by Crippen LogP contribution is -2.27. The zero-order valence-corrected chi connectivity index (χ0v) is 11.3. The molecule has 0 radical (unpaired) electrons. The first kappa shape index (κ1) is 13.4. The summed E-state index contributed by atoms with van der Waals surface area (Å²) < 4.78 is 0. The average molecular weight is 274 g/mol. The standard InChI is InChI=1S/C13H14N4OS/c1-17(10-5-3-2-4-6-10)11(18)9-19-13-12(14)15-7-8-16-13/h2-8H,9H2,1H3,(H2,14,15). The number of carbonyl (C=O) groups is 1. The first-order valence-electron chi connectivity index (χ1n) is 5.69. The molecule has 1 aromatic carbocycles. The molecule has 0 spiro atoms. The largest absolute Gasteiger partial charge is 0.381 e. The quantitative estimate of drug-likeness (QED) is 0.861. The predicted octanol–water partition coefficient (Wildman–Crippen LogP) is 1.81. The van der Waals surface area contributed by atoms with Crippen LogP contribution in [-0.4, -0.2) is 28.7 Å². The van der Waals surface area contributed by atoms with Crippen LogP contribution in [0.15, 0.2) is 47.8 Å². The molecule has 0 saturated carbocycles. The minimum absolute atomic E-state index is 0.0127. The van der Waals surface area contributed by atoms with Crippen LogP contribution in [0.3, 0.4) is 0 Å². The number of hydrogen-bond donors (Lipinski definition) is 1. The summed E-state index contributed by atoms with van der Waals surface area (Å²) in [5.41, 5.74) is 6.54. The molecular weight excluding hydrogens is 260 g/mol. The monoisotopic (exact) mass is 274 g/mol. The predicted molar refractivity (Wildman–Crippen MR) is 77.0 cm³/mol. The molecule has 2 N–H and O–H groups in total. The van der Waals surface area contributed by atoms with Gasteiger partial charge in [0.15, 0.2) is 5.82 Å². The van der Waals surface area contributed by atoms with Gasteiger partial charge in [-0.1, -0.05) is 30.0 Å². The van der Waals surface area contributed by atoms with Gasteiger partial charge in [-0.3, -0.25) is 4.79 Å². The summed E-state index contributed by atoms with van der Waals surface area (Å²) in [6.45, 7) is 0. The Bertz CT molecular complexity index is 562. The molecule has 0 bridgehead atoms. The van der Waals surface area contributed by atoms with Crippen LogP contribution in [0.1, 0.15) is 0 Å². The van der Waals surface area contributed by atoms with E-state index in [9.17, 15) is 4.79 Å². The molecule has 0 aliphatic heterocycles. The van der Waals surface area contributed by atoms with Crippen molar-refractivity contribution in [3.8, 4) is 0 Å². The topological polar surface area (TPSA) is 72.1 Å². The van der Waals surface area contributed by atoms with E-state index in [-0.39, 0.29) is 11.7 Å². The Labute approximate surface area is 115 Å². The van der Waals surface area contributed by atoms with Gasteiger partial charge in [0.05, 0.1) is 5.75 Å². The molecule has 5 nitrogen and oxygen atoms in total. The smallest absolute Gasteiger partial charge is 0.237 e. The second-order valence-electron chi connectivity index (χ2n) is 3.82. The lowest BCUT2D eigenvalue weighted by molar-refractivity contribution is -0.115. The van der Waals surface area contributed by atoms with E-state index in [0.717, 1.165) is 5.69 Å². The molecule has 0 unspecified atom stereocenters. The minimum Gasteiger partial charge on any atom is -0.381 e. The molecule has 0 fully saturated rings. The van der Waals surface area contributed by atoms with Gasteiger partial charge in [0.2, 0.25) is 5.91 Å². The second kappa shape index (κ2) is 6.19. The van der Waals surface area contributed by atoms with Crippen molar-refractivity contribution in [2.45, 2.75) is 5.03 Å². The fourth-order valence-corrected chi connectivity index (χ4v) is 2.26. The maximum Gasteiger partial charge on any atom is 0.237 e. The van der Waals surface area contributed by atoms with Gasteiger partial charge in [-0.2, -0.15) is 0 Å². The highest BCUT2D eigenvalue weighted by molar-refractivity contribution is 8.00. The van der Waals surface area contributed by atoms with E-state index in [1.165, 1.54) is 18.0 Å². The molecule has 19 heavy (non-hydrogen) atoms.